The Hall–Kier alpha value is -1.23. The number of carbonyl (C=O) groups excluding carboxylic acids is 1. The van der Waals surface area contributed by atoms with Gasteiger partial charge in [-0.05, 0) is 39.2 Å². The lowest BCUT2D eigenvalue weighted by molar-refractivity contribution is -0.147. The van der Waals surface area contributed by atoms with Crippen molar-refractivity contribution < 1.29 is 27.9 Å². The number of rotatable bonds is 9. The molecule has 1 unspecified atom stereocenters. The molecule has 1 heterocycles. The summed E-state index contributed by atoms with van der Waals surface area (Å²) in [5, 5.41) is 8.90. The summed E-state index contributed by atoms with van der Waals surface area (Å²) in [5.41, 5.74) is 0. The highest BCUT2D eigenvalue weighted by Crippen LogP contribution is 2.28. The van der Waals surface area contributed by atoms with Crippen LogP contribution in [0.2, 0.25) is 0 Å². The molecule has 0 aromatic heterocycles. The summed E-state index contributed by atoms with van der Waals surface area (Å²) in [6.07, 6.45) is 2.23. The van der Waals surface area contributed by atoms with Crippen LogP contribution in [0.1, 0.15) is 39.5 Å². The zero-order chi connectivity index (χ0) is 18.6. The van der Waals surface area contributed by atoms with Crippen LogP contribution in [-0.2, 0) is 24.5 Å². The van der Waals surface area contributed by atoms with Gasteiger partial charge in [0.2, 0.25) is 0 Å². The van der Waals surface area contributed by atoms with Gasteiger partial charge in [0.25, 0.3) is 10.2 Å². The minimum Gasteiger partial charge on any atom is -0.480 e. The van der Waals surface area contributed by atoms with Crippen molar-refractivity contribution in [3.63, 3.8) is 0 Å². The fourth-order valence-corrected chi connectivity index (χ4v) is 5.08. The molecule has 0 aromatic carbocycles. The van der Waals surface area contributed by atoms with Gasteiger partial charge in [-0.1, -0.05) is 6.92 Å². The fraction of sp³-hybridized carbons (Fsp3) is 0.867. The average molecular weight is 377 g/mol. The quantitative estimate of drug-likeness (QED) is 0.534. The summed E-state index contributed by atoms with van der Waals surface area (Å²) < 4.78 is 33.9. The van der Waals surface area contributed by atoms with Gasteiger partial charge >= 0.3 is 11.9 Å². The summed E-state index contributed by atoms with van der Waals surface area (Å²) >= 11 is 0. The molecule has 0 aromatic rings. The minimum atomic E-state index is -3.76. The first kappa shape index (κ1) is 20.1. The van der Waals surface area contributed by atoms with Gasteiger partial charge in [0.15, 0.2) is 0 Å². The Morgan fingerprint density at radius 3 is 2.56 bits per heavy atom. The van der Waals surface area contributed by atoms with Gasteiger partial charge in [-0.2, -0.15) is 17.4 Å². The third kappa shape index (κ3) is 4.90. The Bertz CT molecular complexity index is 590. The molecule has 2 fully saturated rings. The van der Waals surface area contributed by atoms with Gasteiger partial charge in [0, 0.05) is 18.6 Å². The first-order valence-electron chi connectivity index (χ1n) is 8.70. The van der Waals surface area contributed by atoms with Gasteiger partial charge in [-0.3, -0.25) is 14.5 Å². The molecule has 2 rings (SSSR count). The lowest BCUT2D eigenvalue weighted by Gasteiger charge is -2.42. The van der Waals surface area contributed by atoms with Crippen LogP contribution >= 0.6 is 0 Å². The Kier molecular flexibility index (Phi) is 6.78. The van der Waals surface area contributed by atoms with Crippen molar-refractivity contribution in [1.29, 1.82) is 0 Å². The summed E-state index contributed by atoms with van der Waals surface area (Å²) in [7, 11) is -3.76. The lowest BCUT2D eigenvalue weighted by Crippen LogP contribution is -2.57. The van der Waals surface area contributed by atoms with Crippen LogP contribution in [0, 0.1) is 0 Å². The maximum atomic E-state index is 12.6. The number of nitrogens with zero attached hydrogens (tertiary/aromatic N) is 2. The van der Waals surface area contributed by atoms with Gasteiger partial charge in [0.05, 0.1) is 13.2 Å². The molecular formula is C15H27N3O6S. The Balaban J connectivity index is 1.90. The number of carbonyl (C=O) groups is 2. The molecule has 25 heavy (non-hydrogen) atoms. The number of carboxylic acids is 1. The second-order valence-corrected chi connectivity index (χ2v) is 8.08. The van der Waals surface area contributed by atoms with Crippen molar-refractivity contribution in [2.24, 2.45) is 0 Å². The van der Waals surface area contributed by atoms with Crippen LogP contribution in [0.4, 0.5) is 0 Å². The number of aliphatic carboxylic acids is 1. The van der Waals surface area contributed by atoms with Crippen molar-refractivity contribution in [2.75, 3.05) is 26.2 Å². The van der Waals surface area contributed by atoms with Crippen molar-refractivity contribution in [2.45, 2.75) is 57.7 Å². The number of nitrogens with one attached hydrogen (secondary N) is 1. The van der Waals surface area contributed by atoms with Gasteiger partial charge in [0.1, 0.15) is 6.04 Å². The van der Waals surface area contributed by atoms with E-state index in [1.54, 1.807) is 6.92 Å². The number of carboxylic acid groups (broad SMARTS) is 1. The molecule has 0 amide bonds. The predicted octanol–water partition coefficient (Wildman–Crippen LogP) is -0.214. The van der Waals surface area contributed by atoms with E-state index in [1.807, 2.05) is 11.8 Å². The SMILES string of the molecule is CCOC(=O)C1CCCN1S(=O)(=O)NC1CC(N(CC)CC(=O)O)C1. The van der Waals surface area contributed by atoms with Crippen molar-refractivity contribution in [3.8, 4) is 0 Å². The molecule has 1 atom stereocenters. The van der Waals surface area contributed by atoms with E-state index in [4.69, 9.17) is 9.84 Å². The second kappa shape index (κ2) is 8.43. The van der Waals surface area contributed by atoms with Crippen molar-refractivity contribution in [3.05, 3.63) is 0 Å². The number of esters is 1. The molecule has 0 bridgehead atoms. The first-order valence-corrected chi connectivity index (χ1v) is 10.1. The lowest BCUT2D eigenvalue weighted by atomic mass is 9.86. The van der Waals surface area contributed by atoms with E-state index in [1.165, 1.54) is 4.31 Å². The van der Waals surface area contributed by atoms with Crippen LogP contribution in [0.25, 0.3) is 0 Å². The van der Waals surface area contributed by atoms with Crippen molar-refractivity contribution >= 4 is 22.1 Å². The Morgan fingerprint density at radius 2 is 2.00 bits per heavy atom. The normalized spacial score (nSPS) is 27.2. The number of hydrogen-bond acceptors (Lipinski definition) is 6. The van der Waals surface area contributed by atoms with Crippen LogP contribution < -0.4 is 4.72 Å². The van der Waals surface area contributed by atoms with Gasteiger partial charge in [-0.25, -0.2) is 0 Å². The molecule has 10 heteroatoms. The standard InChI is InChI=1S/C15H27N3O6S/c1-3-17(10-14(19)20)12-8-11(9-12)16-25(22,23)18-7-5-6-13(18)15(21)24-4-2/h11-13,16H,3-10H2,1-2H3,(H,19,20). The van der Waals surface area contributed by atoms with E-state index in [-0.39, 0.29) is 25.2 Å². The zero-order valence-corrected chi connectivity index (χ0v) is 15.5. The molecule has 1 saturated heterocycles. The molecule has 1 saturated carbocycles. The fourth-order valence-electron chi connectivity index (χ4n) is 3.44. The summed E-state index contributed by atoms with van der Waals surface area (Å²) in [4.78, 5) is 24.6. The number of likely N-dealkylation sites (N-methyl/N-ethyl adjacent to an activating group) is 1. The second-order valence-electron chi connectivity index (χ2n) is 6.42. The topological polar surface area (TPSA) is 116 Å². The van der Waals surface area contributed by atoms with Gasteiger partial charge in [-0.15, -0.1) is 0 Å². The number of ether oxygens (including phenoxy) is 1. The highest BCUT2D eigenvalue weighted by molar-refractivity contribution is 7.87. The third-order valence-electron chi connectivity index (χ3n) is 4.76. The third-order valence-corrected chi connectivity index (χ3v) is 6.45. The molecule has 0 spiro atoms. The minimum absolute atomic E-state index is 0.0440. The molecule has 2 N–H and O–H groups in total. The Morgan fingerprint density at radius 1 is 1.32 bits per heavy atom. The molecule has 2 aliphatic rings. The van der Waals surface area contributed by atoms with E-state index < -0.39 is 28.2 Å². The van der Waals surface area contributed by atoms with E-state index in [9.17, 15) is 18.0 Å². The maximum absolute atomic E-state index is 12.6. The van der Waals surface area contributed by atoms with Crippen molar-refractivity contribution in [1.82, 2.24) is 13.9 Å². The van der Waals surface area contributed by atoms with E-state index in [0.717, 1.165) is 0 Å². The van der Waals surface area contributed by atoms with E-state index in [0.29, 0.717) is 38.8 Å². The summed E-state index contributed by atoms with van der Waals surface area (Å²) in [6.45, 7) is 4.65. The average Bonchev–Trinajstić information content (AvgIpc) is 2.99. The number of hydrogen-bond donors (Lipinski definition) is 2. The Labute approximate surface area is 148 Å². The van der Waals surface area contributed by atoms with Crippen LogP contribution in [0.5, 0.6) is 0 Å². The van der Waals surface area contributed by atoms with Gasteiger partial charge < -0.3 is 9.84 Å². The van der Waals surface area contributed by atoms with Crippen LogP contribution in [-0.4, -0.2) is 79.0 Å². The smallest absolute Gasteiger partial charge is 0.324 e. The highest BCUT2D eigenvalue weighted by Gasteiger charge is 2.43. The molecule has 144 valence electrons. The summed E-state index contributed by atoms with van der Waals surface area (Å²) in [6, 6.07) is -0.929. The van der Waals surface area contributed by atoms with Crippen LogP contribution in [0.3, 0.4) is 0 Å². The molecular weight excluding hydrogens is 350 g/mol. The predicted molar refractivity (Wildman–Crippen MR) is 90.1 cm³/mol. The van der Waals surface area contributed by atoms with Crippen LogP contribution in [0.15, 0.2) is 0 Å². The zero-order valence-electron chi connectivity index (χ0n) is 14.7. The highest BCUT2D eigenvalue weighted by atomic mass is 32.2. The largest absolute Gasteiger partial charge is 0.480 e. The van der Waals surface area contributed by atoms with E-state index >= 15 is 0 Å². The maximum Gasteiger partial charge on any atom is 0.324 e. The molecule has 1 aliphatic carbocycles. The molecule has 0 radical (unpaired) electrons. The van der Waals surface area contributed by atoms with E-state index in [2.05, 4.69) is 4.72 Å². The summed E-state index contributed by atoms with van der Waals surface area (Å²) in [5.74, 6) is -1.39. The molecule has 9 nitrogen and oxygen atoms in total. The first-order chi connectivity index (χ1) is 11.8. The molecule has 1 aliphatic heterocycles. The monoisotopic (exact) mass is 377 g/mol.